The summed E-state index contributed by atoms with van der Waals surface area (Å²) in [6.45, 7) is 6.19. The van der Waals surface area contributed by atoms with Gasteiger partial charge in [-0.05, 0) is 30.2 Å². The number of benzene rings is 1. The minimum Gasteiger partial charge on any atom is -0.489 e. The Morgan fingerprint density at radius 1 is 1.60 bits per heavy atom. The molecule has 0 saturated carbocycles. The van der Waals surface area contributed by atoms with Gasteiger partial charge < -0.3 is 10.1 Å². The molecule has 104 valence electrons. The molecule has 1 amide bonds. The Balaban J connectivity index is 1.97. The van der Waals surface area contributed by atoms with Crippen molar-refractivity contribution in [1.82, 2.24) is 5.32 Å². The van der Waals surface area contributed by atoms with Crippen LogP contribution in [0.3, 0.4) is 0 Å². The first kappa shape index (κ1) is 14.3. The van der Waals surface area contributed by atoms with Crippen molar-refractivity contribution in [3.05, 3.63) is 42.0 Å². The van der Waals surface area contributed by atoms with Gasteiger partial charge in [0.2, 0.25) is 5.91 Å². The number of hydrogen-bond acceptors (Lipinski definition) is 5. The summed E-state index contributed by atoms with van der Waals surface area (Å²) >= 11 is 1.34. The molecule has 0 unspecified atom stereocenters. The van der Waals surface area contributed by atoms with Crippen molar-refractivity contribution in [2.45, 2.75) is 6.92 Å². The van der Waals surface area contributed by atoms with Crippen LogP contribution in [0.25, 0.3) is 0 Å². The Hall–Kier alpha value is -2.08. The highest BCUT2D eigenvalue weighted by Crippen LogP contribution is 2.13. The Morgan fingerprint density at radius 2 is 2.45 bits per heavy atom. The lowest BCUT2D eigenvalue weighted by atomic mass is 10.2. The number of amidine groups is 1. The Bertz CT molecular complexity index is 582. The molecule has 0 aromatic heterocycles. The van der Waals surface area contributed by atoms with Gasteiger partial charge in [-0.3, -0.25) is 4.79 Å². The number of rotatable bonds is 5. The van der Waals surface area contributed by atoms with Crippen molar-refractivity contribution in [3.8, 4) is 5.75 Å². The Labute approximate surface area is 121 Å². The molecule has 0 aliphatic carbocycles. The zero-order valence-electron chi connectivity index (χ0n) is 11.1. The van der Waals surface area contributed by atoms with Gasteiger partial charge in [-0.15, -0.1) is 5.10 Å². The second-order valence-corrected chi connectivity index (χ2v) is 5.27. The molecule has 2 rings (SSSR count). The van der Waals surface area contributed by atoms with Crippen LogP contribution in [-0.4, -0.2) is 29.6 Å². The zero-order valence-corrected chi connectivity index (χ0v) is 11.9. The average molecular weight is 289 g/mol. The van der Waals surface area contributed by atoms with Crippen molar-refractivity contribution < 1.29 is 9.53 Å². The molecule has 5 nitrogen and oxygen atoms in total. The zero-order chi connectivity index (χ0) is 14.4. The third-order valence-corrected chi connectivity index (χ3v) is 3.15. The summed E-state index contributed by atoms with van der Waals surface area (Å²) in [5.74, 6) is 1.12. The minimum atomic E-state index is -0.0425. The predicted octanol–water partition coefficient (Wildman–Crippen LogP) is 2.19. The van der Waals surface area contributed by atoms with Crippen LogP contribution in [-0.2, 0) is 4.79 Å². The molecule has 1 aliphatic heterocycles. The second kappa shape index (κ2) is 6.91. The van der Waals surface area contributed by atoms with Crippen LogP contribution in [0.4, 0.5) is 0 Å². The van der Waals surface area contributed by atoms with Crippen molar-refractivity contribution in [1.29, 1.82) is 0 Å². The third kappa shape index (κ3) is 4.55. The van der Waals surface area contributed by atoms with Gasteiger partial charge in [0.05, 0.1) is 12.0 Å². The topological polar surface area (TPSA) is 63.1 Å². The smallest absolute Gasteiger partial charge is 0.236 e. The number of nitrogens with one attached hydrogen (secondary N) is 1. The quantitative estimate of drug-likeness (QED) is 0.513. The predicted molar refractivity (Wildman–Crippen MR) is 82.4 cm³/mol. The number of carbonyl (C=O) groups is 1. The molecule has 1 aromatic rings. The van der Waals surface area contributed by atoms with Gasteiger partial charge in [-0.1, -0.05) is 30.5 Å². The van der Waals surface area contributed by atoms with Crippen molar-refractivity contribution in [2.75, 3.05) is 12.4 Å². The van der Waals surface area contributed by atoms with E-state index in [4.69, 9.17) is 4.74 Å². The summed E-state index contributed by atoms with van der Waals surface area (Å²) in [4.78, 5) is 11.0. The van der Waals surface area contributed by atoms with Gasteiger partial charge in [-0.25, -0.2) is 0 Å². The van der Waals surface area contributed by atoms with E-state index in [9.17, 15) is 4.79 Å². The highest BCUT2D eigenvalue weighted by Gasteiger charge is 2.15. The normalized spacial score (nSPS) is 16.6. The van der Waals surface area contributed by atoms with E-state index in [1.165, 1.54) is 11.8 Å². The van der Waals surface area contributed by atoms with E-state index in [0.29, 0.717) is 17.5 Å². The number of amides is 1. The highest BCUT2D eigenvalue weighted by atomic mass is 32.2. The van der Waals surface area contributed by atoms with Crippen LogP contribution in [0.15, 0.2) is 46.6 Å². The number of thioether (sulfide) groups is 1. The van der Waals surface area contributed by atoms with Crippen molar-refractivity contribution in [2.24, 2.45) is 10.2 Å². The first-order valence-electron chi connectivity index (χ1n) is 6.04. The monoisotopic (exact) mass is 289 g/mol. The molecule has 1 heterocycles. The molecule has 1 saturated heterocycles. The molecular formula is C14H15N3O2S. The Kier molecular flexibility index (Phi) is 4.95. The van der Waals surface area contributed by atoms with Crippen LogP contribution in [0.2, 0.25) is 0 Å². The van der Waals surface area contributed by atoms with Crippen LogP contribution >= 0.6 is 11.8 Å². The summed E-state index contributed by atoms with van der Waals surface area (Å²) in [6.07, 6.45) is 1.62. The molecule has 1 fully saturated rings. The summed E-state index contributed by atoms with van der Waals surface area (Å²) < 4.78 is 5.54. The van der Waals surface area contributed by atoms with Crippen molar-refractivity contribution in [3.63, 3.8) is 0 Å². The number of ether oxygens (including phenoxy) is 1. The first-order chi connectivity index (χ1) is 9.63. The molecule has 0 radical (unpaired) electrons. The largest absolute Gasteiger partial charge is 0.489 e. The van der Waals surface area contributed by atoms with Gasteiger partial charge in [0.15, 0.2) is 5.17 Å². The second-order valence-electron chi connectivity index (χ2n) is 4.30. The molecule has 1 N–H and O–H groups in total. The fourth-order valence-corrected chi connectivity index (χ4v) is 2.05. The Morgan fingerprint density at radius 3 is 3.15 bits per heavy atom. The van der Waals surface area contributed by atoms with Gasteiger partial charge in [-0.2, -0.15) is 5.10 Å². The summed E-state index contributed by atoms with van der Waals surface area (Å²) in [5, 5.41) is 11.0. The first-order valence-corrected chi connectivity index (χ1v) is 7.03. The van der Waals surface area contributed by atoms with Gasteiger partial charge >= 0.3 is 0 Å². The summed E-state index contributed by atoms with van der Waals surface area (Å²) in [7, 11) is 0. The fourth-order valence-electron chi connectivity index (χ4n) is 1.42. The standard InChI is InChI=1S/C14H15N3O2S/c1-10(2)8-19-12-5-3-4-11(6-12)7-15-17-14-16-13(18)9-20-14/h3-7H,1,8-9H2,2H3,(H,16,17,18). The van der Waals surface area contributed by atoms with Gasteiger partial charge in [0.25, 0.3) is 0 Å². The molecule has 1 aromatic carbocycles. The highest BCUT2D eigenvalue weighted by molar-refractivity contribution is 8.15. The van der Waals surface area contributed by atoms with Crippen LogP contribution in [0, 0.1) is 0 Å². The lowest BCUT2D eigenvalue weighted by Crippen LogP contribution is -2.19. The van der Waals surface area contributed by atoms with E-state index in [1.54, 1.807) is 6.21 Å². The van der Waals surface area contributed by atoms with E-state index >= 15 is 0 Å². The minimum absolute atomic E-state index is 0.0425. The van der Waals surface area contributed by atoms with Crippen LogP contribution in [0.1, 0.15) is 12.5 Å². The molecule has 0 spiro atoms. The van der Waals surface area contributed by atoms with E-state index in [2.05, 4.69) is 22.1 Å². The summed E-state index contributed by atoms with van der Waals surface area (Å²) in [5.41, 5.74) is 1.84. The molecule has 6 heteroatoms. The van der Waals surface area contributed by atoms with E-state index in [-0.39, 0.29) is 5.91 Å². The lowest BCUT2D eigenvalue weighted by Gasteiger charge is -2.05. The third-order valence-electron chi connectivity index (χ3n) is 2.29. The lowest BCUT2D eigenvalue weighted by molar-refractivity contribution is -0.116. The SMILES string of the molecule is C=C(C)COc1cccc(C=NN=C2NC(=O)CS2)c1. The summed E-state index contributed by atoms with van der Waals surface area (Å²) in [6, 6.07) is 7.53. The van der Waals surface area contributed by atoms with Gasteiger partial charge in [0, 0.05) is 0 Å². The number of nitrogens with zero attached hydrogens (tertiary/aromatic N) is 2. The number of carbonyl (C=O) groups excluding carboxylic acids is 1. The average Bonchev–Trinajstić information content (AvgIpc) is 2.83. The molecule has 0 atom stereocenters. The van der Waals surface area contributed by atoms with Crippen LogP contribution < -0.4 is 10.1 Å². The molecule has 1 aliphatic rings. The van der Waals surface area contributed by atoms with Crippen molar-refractivity contribution >= 4 is 29.1 Å². The number of hydrogen-bond donors (Lipinski definition) is 1. The maximum absolute atomic E-state index is 11.0. The van der Waals surface area contributed by atoms with E-state index in [1.807, 2.05) is 31.2 Å². The molecular weight excluding hydrogens is 274 g/mol. The fraction of sp³-hybridized carbons (Fsp3) is 0.214. The van der Waals surface area contributed by atoms with Crippen LogP contribution in [0.5, 0.6) is 5.75 Å². The molecule has 0 bridgehead atoms. The van der Waals surface area contributed by atoms with E-state index < -0.39 is 0 Å². The van der Waals surface area contributed by atoms with E-state index in [0.717, 1.165) is 16.9 Å². The molecule has 20 heavy (non-hydrogen) atoms. The van der Waals surface area contributed by atoms with Gasteiger partial charge in [0.1, 0.15) is 12.4 Å². The maximum Gasteiger partial charge on any atom is 0.236 e. The maximum atomic E-state index is 11.0.